The van der Waals surface area contributed by atoms with E-state index in [1.54, 1.807) is 30.7 Å². The Morgan fingerprint density at radius 3 is 3.00 bits per heavy atom. The third-order valence-corrected chi connectivity index (χ3v) is 2.32. The molecule has 15 heavy (non-hydrogen) atoms. The van der Waals surface area contributed by atoms with Crippen molar-refractivity contribution in [3.8, 4) is 0 Å². The summed E-state index contributed by atoms with van der Waals surface area (Å²) in [4.78, 5) is 3.85. The lowest BCUT2D eigenvalue weighted by Crippen LogP contribution is -2.01. The fourth-order valence-corrected chi connectivity index (χ4v) is 1.54. The van der Waals surface area contributed by atoms with Crippen molar-refractivity contribution in [1.29, 1.82) is 0 Å². The normalized spacial score (nSPS) is 12.7. The van der Waals surface area contributed by atoms with E-state index in [-0.39, 0.29) is 0 Å². The van der Waals surface area contributed by atoms with Gasteiger partial charge in [-0.3, -0.25) is 0 Å². The molecule has 0 aromatic carbocycles. The Morgan fingerprint density at radius 1 is 1.47 bits per heavy atom. The van der Waals surface area contributed by atoms with Gasteiger partial charge in [-0.25, -0.2) is 4.98 Å². The van der Waals surface area contributed by atoms with Crippen LogP contribution in [0.5, 0.6) is 0 Å². The molecule has 4 heteroatoms. The first kappa shape index (κ1) is 10.2. The molecule has 0 radical (unpaired) electrons. The summed E-state index contributed by atoms with van der Waals surface area (Å²) < 4.78 is 5.15. The maximum Gasteiger partial charge on any atom is 0.129 e. The molecule has 0 saturated heterocycles. The van der Waals surface area contributed by atoms with Gasteiger partial charge in [0.15, 0.2) is 0 Å². The highest BCUT2D eigenvalue weighted by Gasteiger charge is 2.10. The summed E-state index contributed by atoms with van der Waals surface area (Å²) in [6, 6.07) is 7.00. The van der Waals surface area contributed by atoms with E-state index in [0.29, 0.717) is 11.6 Å². The monoisotopic (exact) mass is 223 g/mol. The average molecular weight is 224 g/mol. The van der Waals surface area contributed by atoms with Crippen LogP contribution in [0, 0.1) is 0 Å². The van der Waals surface area contributed by atoms with E-state index in [4.69, 9.17) is 16.0 Å². The quantitative estimate of drug-likeness (QED) is 0.814. The Labute approximate surface area is 92.3 Å². The summed E-state index contributed by atoms with van der Waals surface area (Å²) in [5.74, 6) is 0.746. The maximum atomic E-state index is 9.87. The van der Waals surface area contributed by atoms with Gasteiger partial charge in [0.05, 0.1) is 12.4 Å². The maximum absolute atomic E-state index is 9.87. The molecule has 2 aromatic rings. The molecule has 0 amide bonds. The van der Waals surface area contributed by atoms with Crippen LogP contribution in [0.15, 0.2) is 41.1 Å². The summed E-state index contributed by atoms with van der Waals surface area (Å²) in [6.07, 6.45) is 2.98. The topological polar surface area (TPSA) is 46.3 Å². The predicted octanol–water partition coefficient (Wildman–Crippen LogP) is 2.60. The number of nitrogens with zero attached hydrogens (tertiary/aromatic N) is 1. The molecule has 2 aromatic heterocycles. The highest BCUT2D eigenvalue weighted by atomic mass is 35.5. The van der Waals surface area contributed by atoms with Crippen LogP contribution >= 0.6 is 11.6 Å². The van der Waals surface area contributed by atoms with Gasteiger partial charge in [0.1, 0.15) is 10.9 Å². The van der Waals surface area contributed by atoms with Crippen molar-refractivity contribution < 1.29 is 9.52 Å². The molecule has 0 aliphatic heterocycles. The minimum atomic E-state index is -0.614. The summed E-state index contributed by atoms with van der Waals surface area (Å²) in [5, 5.41) is 10.3. The molecule has 1 atom stereocenters. The first-order chi connectivity index (χ1) is 7.25. The molecule has 0 spiro atoms. The second kappa shape index (κ2) is 4.47. The van der Waals surface area contributed by atoms with Crippen LogP contribution in [0.1, 0.15) is 17.4 Å². The van der Waals surface area contributed by atoms with Crippen LogP contribution in [-0.2, 0) is 6.42 Å². The fraction of sp³-hybridized carbons (Fsp3) is 0.182. The van der Waals surface area contributed by atoms with E-state index in [2.05, 4.69) is 4.98 Å². The number of aromatic nitrogens is 1. The summed E-state index contributed by atoms with van der Waals surface area (Å²) >= 11 is 5.73. The largest absolute Gasteiger partial charge is 0.469 e. The van der Waals surface area contributed by atoms with Gasteiger partial charge >= 0.3 is 0 Å². The smallest absolute Gasteiger partial charge is 0.129 e. The lowest BCUT2D eigenvalue weighted by atomic mass is 10.1. The van der Waals surface area contributed by atoms with Gasteiger partial charge in [-0.15, -0.1) is 0 Å². The number of rotatable bonds is 3. The Kier molecular flexibility index (Phi) is 3.04. The molecule has 3 nitrogen and oxygen atoms in total. The molecule has 0 bridgehead atoms. The minimum absolute atomic E-state index is 0.381. The molecule has 2 rings (SSSR count). The van der Waals surface area contributed by atoms with Gasteiger partial charge in [0.2, 0.25) is 0 Å². The Hall–Kier alpha value is -1.32. The number of aliphatic hydroxyl groups is 1. The fourth-order valence-electron chi connectivity index (χ4n) is 1.36. The first-order valence-electron chi connectivity index (χ1n) is 4.57. The summed E-state index contributed by atoms with van der Waals surface area (Å²) in [7, 11) is 0. The zero-order chi connectivity index (χ0) is 10.7. The van der Waals surface area contributed by atoms with Crippen molar-refractivity contribution in [3.05, 3.63) is 53.2 Å². The van der Waals surface area contributed by atoms with Crippen molar-refractivity contribution in [2.45, 2.75) is 12.5 Å². The van der Waals surface area contributed by atoms with Crippen molar-refractivity contribution in [1.82, 2.24) is 4.98 Å². The van der Waals surface area contributed by atoms with Crippen LogP contribution < -0.4 is 0 Å². The van der Waals surface area contributed by atoms with Gasteiger partial charge in [0, 0.05) is 12.6 Å². The number of aliphatic hydroxyl groups excluding tert-OH is 1. The highest BCUT2D eigenvalue weighted by Crippen LogP contribution is 2.19. The van der Waals surface area contributed by atoms with Crippen LogP contribution in [0.3, 0.4) is 0 Å². The highest BCUT2D eigenvalue weighted by molar-refractivity contribution is 6.29. The zero-order valence-corrected chi connectivity index (χ0v) is 8.69. The molecule has 78 valence electrons. The molecule has 0 aliphatic carbocycles. The van der Waals surface area contributed by atoms with E-state index in [0.717, 1.165) is 11.3 Å². The molecule has 1 unspecified atom stereocenters. The Balaban J connectivity index is 2.11. The van der Waals surface area contributed by atoms with Crippen molar-refractivity contribution in [3.63, 3.8) is 0 Å². The van der Waals surface area contributed by atoms with Gasteiger partial charge in [-0.1, -0.05) is 11.6 Å². The number of pyridine rings is 1. The number of hydrogen-bond acceptors (Lipinski definition) is 3. The van der Waals surface area contributed by atoms with Crippen LogP contribution in [0.25, 0.3) is 0 Å². The summed E-state index contributed by atoms with van der Waals surface area (Å²) in [6.45, 7) is 0. The minimum Gasteiger partial charge on any atom is -0.469 e. The van der Waals surface area contributed by atoms with Gasteiger partial charge in [0.25, 0.3) is 0 Å². The molecular formula is C11H10ClNO2. The second-order valence-electron chi connectivity index (χ2n) is 3.21. The average Bonchev–Trinajstić information content (AvgIpc) is 2.70. The van der Waals surface area contributed by atoms with E-state index in [1.807, 2.05) is 6.07 Å². The first-order valence-corrected chi connectivity index (χ1v) is 4.95. The van der Waals surface area contributed by atoms with E-state index in [9.17, 15) is 5.11 Å². The van der Waals surface area contributed by atoms with E-state index < -0.39 is 6.10 Å². The molecule has 2 heterocycles. The van der Waals surface area contributed by atoms with Gasteiger partial charge < -0.3 is 9.52 Å². The summed E-state index contributed by atoms with van der Waals surface area (Å²) in [5.41, 5.74) is 0.742. The van der Waals surface area contributed by atoms with E-state index in [1.165, 1.54) is 0 Å². The standard InChI is InChI=1S/C11H10ClNO2/c12-11-6-8(3-4-13-11)10(14)7-9-2-1-5-15-9/h1-6,10,14H,7H2. The lowest BCUT2D eigenvalue weighted by molar-refractivity contribution is 0.170. The molecule has 0 saturated carbocycles. The predicted molar refractivity (Wildman–Crippen MR) is 56.6 cm³/mol. The van der Waals surface area contributed by atoms with Crippen LogP contribution in [0.4, 0.5) is 0 Å². The second-order valence-corrected chi connectivity index (χ2v) is 3.60. The third-order valence-electron chi connectivity index (χ3n) is 2.11. The van der Waals surface area contributed by atoms with Gasteiger partial charge in [-0.2, -0.15) is 0 Å². The van der Waals surface area contributed by atoms with Crippen molar-refractivity contribution >= 4 is 11.6 Å². The Morgan fingerprint density at radius 2 is 2.33 bits per heavy atom. The Bertz CT molecular complexity index is 428. The number of hydrogen-bond donors (Lipinski definition) is 1. The molecule has 0 aliphatic rings. The van der Waals surface area contributed by atoms with Crippen LogP contribution in [0.2, 0.25) is 5.15 Å². The van der Waals surface area contributed by atoms with Gasteiger partial charge in [-0.05, 0) is 29.8 Å². The van der Waals surface area contributed by atoms with E-state index >= 15 is 0 Å². The number of furan rings is 1. The number of halogens is 1. The van der Waals surface area contributed by atoms with Crippen molar-refractivity contribution in [2.24, 2.45) is 0 Å². The zero-order valence-electron chi connectivity index (χ0n) is 7.93. The van der Waals surface area contributed by atoms with Crippen LogP contribution in [-0.4, -0.2) is 10.1 Å². The van der Waals surface area contributed by atoms with Crippen molar-refractivity contribution in [2.75, 3.05) is 0 Å². The molecule has 0 fully saturated rings. The SMILES string of the molecule is OC(Cc1ccco1)c1ccnc(Cl)c1. The molecule has 1 N–H and O–H groups in total. The third kappa shape index (κ3) is 2.58. The molecular weight excluding hydrogens is 214 g/mol. The lowest BCUT2D eigenvalue weighted by Gasteiger charge is -2.08.